The fourth-order valence-corrected chi connectivity index (χ4v) is 13.8. The number of nitrogens with zero attached hydrogens (tertiary/aromatic N) is 6. The van der Waals surface area contributed by atoms with Gasteiger partial charge in [0.2, 0.25) is 11.9 Å². The largest absolute Gasteiger partial charge is 0.491 e. The van der Waals surface area contributed by atoms with Crippen LogP contribution in [0.1, 0.15) is 139 Å². The van der Waals surface area contributed by atoms with Gasteiger partial charge in [-0.25, -0.2) is 19.1 Å². The number of benzene rings is 1. The van der Waals surface area contributed by atoms with Gasteiger partial charge in [0, 0.05) is 19.1 Å². The minimum Gasteiger partial charge on any atom is -0.491 e. The molecule has 4 aromatic heterocycles. The van der Waals surface area contributed by atoms with Gasteiger partial charge in [-0.2, -0.15) is 9.97 Å². The molecule has 32 heteroatoms. The average molecular weight is 1330 g/mol. The molecular weight excluding hydrogens is 1240 g/mol. The summed E-state index contributed by atoms with van der Waals surface area (Å²) in [5.74, 6) is 2.66. The van der Waals surface area contributed by atoms with Crippen LogP contribution in [0, 0.1) is 36.0 Å². The molecule has 89 heavy (non-hydrogen) atoms. The number of aliphatic hydroxyl groups excluding tert-OH is 3. The molecule has 10 N–H and O–H groups in total. The normalized spacial score (nSPS) is 23.7. The first-order valence-corrected chi connectivity index (χ1v) is 34.3. The Morgan fingerprint density at radius 1 is 0.775 bits per heavy atom. The number of hydrogen-bond acceptors (Lipinski definition) is 25. The maximum absolute atomic E-state index is 14.2. The van der Waals surface area contributed by atoms with E-state index in [1.165, 1.54) is 91.6 Å². The lowest BCUT2D eigenvalue weighted by atomic mass is 9.84. The summed E-state index contributed by atoms with van der Waals surface area (Å²) in [6.07, 6.45) is 8.18. The summed E-state index contributed by atoms with van der Waals surface area (Å²) >= 11 is 10.7. The number of nitrogens with two attached hydrogens (primary N) is 2. The van der Waals surface area contributed by atoms with E-state index in [2.05, 4.69) is 71.4 Å². The van der Waals surface area contributed by atoms with Crippen molar-refractivity contribution < 1.29 is 85.1 Å². The average Bonchev–Trinajstić information content (AvgIpc) is 1.80. The maximum atomic E-state index is 14.2. The van der Waals surface area contributed by atoms with Gasteiger partial charge in [0.15, 0.2) is 17.5 Å². The molecule has 9 unspecified atom stereocenters. The van der Waals surface area contributed by atoms with Crippen LogP contribution in [0.5, 0.6) is 11.5 Å². The van der Waals surface area contributed by atoms with Crippen LogP contribution in [0.25, 0.3) is 22.3 Å². The van der Waals surface area contributed by atoms with Crippen LogP contribution < -0.4 is 20.9 Å². The van der Waals surface area contributed by atoms with Crippen LogP contribution in [0.3, 0.4) is 0 Å². The van der Waals surface area contributed by atoms with Crippen molar-refractivity contribution in [3.05, 3.63) is 44.2 Å². The molecule has 11 atom stereocenters. The molecule has 1 aromatic carbocycles. The number of unbranched alkanes of at least 4 members (excludes halogenated alkanes) is 8. The predicted molar refractivity (Wildman–Crippen MR) is 333 cm³/mol. The van der Waals surface area contributed by atoms with E-state index in [1.54, 1.807) is 0 Å². The van der Waals surface area contributed by atoms with Crippen molar-refractivity contribution in [1.82, 2.24) is 39.0 Å². The van der Waals surface area contributed by atoms with Crippen molar-refractivity contribution in [1.29, 1.82) is 0 Å². The number of imidazole rings is 2. The van der Waals surface area contributed by atoms with E-state index in [0.29, 0.717) is 19.8 Å². The van der Waals surface area contributed by atoms with E-state index < -0.39 is 84.5 Å². The highest BCUT2D eigenvalue weighted by Gasteiger charge is 2.48. The number of ether oxygens (including phenoxy) is 7. The van der Waals surface area contributed by atoms with Gasteiger partial charge >= 0.3 is 15.6 Å². The number of rotatable bonds is 38. The molecule has 28 nitrogen and oxygen atoms in total. The molecule has 0 spiro atoms. The fourth-order valence-electron chi connectivity index (χ4n) is 11.3. The highest BCUT2D eigenvalue weighted by molar-refractivity contribution is 7.71. The Kier molecular flexibility index (Phi) is 25.9. The van der Waals surface area contributed by atoms with Crippen LogP contribution in [0.4, 0.5) is 11.9 Å². The first-order chi connectivity index (χ1) is 42.5. The van der Waals surface area contributed by atoms with Crippen molar-refractivity contribution >= 4 is 74.3 Å². The molecule has 0 aliphatic carbocycles. The van der Waals surface area contributed by atoms with Gasteiger partial charge in [-0.15, -0.1) is 0 Å². The topological polar surface area (TPSA) is 371 Å². The zero-order valence-electron chi connectivity index (χ0n) is 51.9. The van der Waals surface area contributed by atoms with E-state index in [-0.39, 0.29) is 82.0 Å². The van der Waals surface area contributed by atoms with Gasteiger partial charge in [0.25, 0.3) is 0 Å². The Hall–Kier alpha value is -4.14. The number of anilines is 2. The standard InChI is InChI=1S/C57H90N10O18P2S2/c1-34(2)17-15-13-11-9-8-10-12-14-16-19-57(6)20-18-39-37(5)48(35(3)36(4)49(39)83-57)78-26-25-76-22-21-75-23-24-77-29-38(28-68)84-86(71,72)79-30-41-40(27-43(81-41)66-32-60-44-50(66)62-55(58)64-52(44)88)85-87(73,74-7)80-31-42-46(69)47(70)54(82-42)67-33-61-45-51(67)63-56(59)65-53(45)89/h32-34,38,40-43,46-47,54,68-70H,8-31H2,1-7H3,(H,71,72)(H3,58,62,64,88)(H3,59,63,65,89)/t38-,40?,41?,42?,43?,46?,47?,54?,57-,87?/m1/s1. The zero-order valence-corrected chi connectivity index (χ0v) is 55.3. The molecule has 498 valence electrons. The number of nitrogens with one attached hydrogen (secondary N) is 2. The molecule has 2 saturated heterocycles. The van der Waals surface area contributed by atoms with Gasteiger partial charge in [0.1, 0.15) is 86.9 Å². The van der Waals surface area contributed by atoms with Gasteiger partial charge in [0.05, 0.1) is 72.1 Å². The Morgan fingerprint density at radius 2 is 1.36 bits per heavy atom. The Labute approximate surface area is 528 Å². The minimum absolute atomic E-state index is 0.0172. The van der Waals surface area contributed by atoms with Gasteiger partial charge in [-0.05, 0) is 76.0 Å². The van der Waals surface area contributed by atoms with E-state index in [0.717, 1.165) is 60.5 Å². The fraction of sp³-hybridized carbons (Fsp3) is 0.719. The lowest BCUT2D eigenvalue weighted by Gasteiger charge is -2.38. The summed E-state index contributed by atoms with van der Waals surface area (Å²) < 4.78 is 101. The van der Waals surface area contributed by atoms with Crippen molar-refractivity contribution in [2.45, 2.75) is 186 Å². The quantitative estimate of drug-likeness (QED) is 0.0104. The number of phosphoric acid groups is 2. The monoisotopic (exact) mass is 1330 g/mol. The second kappa shape index (κ2) is 32.6. The van der Waals surface area contributed by atoms with Crippen LogP contribution in [0.15, 0.2) is 12.7 Å². The number of nitrogen functional groups attached to an aromatic ring is 2. The molecule has 2 fully saturated rings. The van der Waals surface area contributed by atoms with Crippen LogP contribution in [0.2, 0.25) is 0 Å². The Bertz CT molecular complexity index is 3340. The van der Waals surface area contributed by atoms with Crippen molar-refractivity contribution in [3.8, 4) is 11.5 Å². The molecule has 0 radical (unpaired) electrons. The number of fused-ring (bicyclic) bond motifs is 3. The first kappa shape index (κ1) is 70.7. The zero-order chi connectivity index (χ0) is 64.0. The second-order valence-corrected chi connectivity index (χ2v) is 27.5. The van der Waals surface area contributed by atoms with Crippen LogP contribution >= 0.6 is 40.1 Å². The van der Waals surface area contributed by atoms with Crippen molar-refractivity contribution in [2.75, 3.05) is 84.6 Å². The smallest absolute Gasteiger partial charge is 0.474 e. The van der Waals surface area contributed by atoms with Crippen LogP contribution in [-0.4, -0.2) is 175 Å². The number of phosphoric ester groups is 2. The molecule has 0 amide bonds. The number of H-pyrrole nitrogens is 2. The van der Waals surface area contributed by atoms with E-state index in [4.69, 9.17) is 91.7 Å². The van der Waals surface area contributed by atoms with Gasteiger partial charge in [-0.3, -0.25) is 31.8 Å². The SMILES string of the molecule is COP(=O)(OCC1OC(n2cnc3c(=S)[nH]c(N)nc32)C(O)C1O)OC1CC(n2cnc3c(=S)[nH]c(N)nc32)OC1COP(=O)(O)O[C@H](CO)COCCOCCOCCOc1c(C)c(C)c2c(c1C)CC[C@@](C)(CCCCCCCCCCCC(C)C)O2. The number of hydrogen-bond donors (Lipinski definition) is 8. The highest BCUT2D eigenvalue weighted by atomic mass is 32.1. The van der Waals surface area contributed by atoms with Crippen molar-refractivity contribution in [2.24, 2.45) is 5.92 Å². The first-order valence-electron chi connectivity index (χ1n) is 30.6. The van der Waals surface area contributed by atoms with E-state index in [9.17, 15) is 29.3 Å². The van der Waals surface area contributed by atoms with E-state index >= 15 is 0 Å². The molecule has 0 saturated carbocycles. The molecule has 8 rings (SSSR count). The maximum Gasteiger partial charge on any atom is 0.474 e. The van der Waals surface area contributed by atoms with Crippen molar-refractivity contribution in [3.63, 3.8) is 0 Å². The lowest BCUT2D eigenvalue weighted by molar-refractivity contribution is -0.0620. The highest BCUT2D eigenvalue weighted by Crippen LogP contribution is 2.54. The van der Waals surface area contributed by atoms with Gasteiger partial charge in [-0.1, -0.05) is 96.1 Å². The Balaban J connectivity index is 0.745. The molecular formula is C57H90N10O18P2S2. The summed E-state index contributed by atoms with van der Waals surface area (Å²) in [5.41, 5.74) is 17.1. The number of aromatic amines is 2. The van der Waals surface area contributed by atoms with Gasteiger partial charge < -0.3 is 74.8 Å². The molecule has 5 aromatic rings. The molecule has 3 aliphatic rings. The second-order valence-electron chi connectivity index (χ2n) is 23.5. The molecule has 0 bridgehead atoms. The summed E-state index contributed by atoms with van der Waals surface area (Å²) in [6.45, 7) is 12.3. The summed E-state index contributed by atoms with van der Waals surface area (Å²) in [4.78, 5) is 33.3. The van der Waals surface area contributed by atoms with E-state index in [1.807, 2.05) is 0 Å². The third-order valence-corrected chi connectivity index (χ3v) is 19.4. The molecule has 7 heterocycles. The molecule has 3 aliphatic heterocycles. The summed E-state index contributed by atoms with van der Waals surface area (Å²) in [7, 11) is -8.57. The minimum atomic E-state index is -4.98. The summed E-state index contributed by atoms with van der Waals surface area (Å²) in [5, 5.41) is 32.1. The number of aliphatic hydroxyl groups is 3. The lowest BCUT2D eigenvalue weighted by Crippen LogP contribution is -2.37. The third-order valence-electron chi connectivity index (χ3n) is 16.3. The Morgan fingerprint density at radius 3 is 1.99 bits per heavy atom. The number of aromatic nitrogens is 8. The summed E-state index contributed by atoms with van der Waals surface area (Å²) in [6, 6.07) is 0. The predicted octanol–water partition coefficient (Wildman–Crippen LogP) is 8.80. The van der Waals surface area contributed by atoms with Crippen LogP contribution in [-0.2, 0) is 61.9 Å². The third kappa shape index (κ3) is 18.8.